The molecule has 0 saturated heterocycles. The van der Waals surface area contributed by atoms with Gasteiger partial charge in [-0.3, -0.25) is 4.98 Å². The average molecular weight is 261 g/mol. The summed E-state index contributed by atoms with van der Waals surface area (Å²) in [6.45, 7) is 2.35. The van der Waals surface area contributed by atoms with E-state index in [9.17, 15) is 4.39 Å². The van der Waals surface area contributed by atoms with Crippen molar-refractivity contribution in [2.75, 3.05) is 18.2 Å². The van der Waals surface area contributed by atoms with Crippen LogP contribution in [0, 0.1) is 12.7 Å². The van der Waals surface area contributed by atoms with Crippen molar-refractivity contribution in [3.05, 3.63) is 47.5 Å². The van der Waals surface area contributed by atoms with Crippen molar-refractivity contribution >= 4 is 11.4 Å². The van der Waals surface area contributed by atoms with Crippen LogP contribution in [0.4, 0.5) is 15.8 Å². The molecule has 5 heteroatoms. The molecule has 0 radical (unpaired) electrons. The van der Waals surface area contributed by atoms with E-state index >= 15 is 0 Å². The number of pyridine rings is 1. The Bertz CT molecular complexity index is 587. The molecule has 0 fully saturated rings. The Hall–Kier alpha value is -2.30. The third-order valence-electron chi connectivity index (χ3n) is 2.73. The Morgan fingerprint density at radius 1 is 1.37 bits per heavy atom. The first-order valence-corrected chi connectivity index (χ1v) is 5.89. The number of anilines is 2. The fourth-order valence-corrected chi connectivity index (χ4v) is 1.76. The Balaban J connectivity index is 2.15. The molecule has 0 atom stereocenters. The van der Waals surface area contributed by atoms with Crippen LogP contribution in [0.15, 0.2) is 30.3 Å². The maximum Gasteiger partial charge on any atom is 0.148 e. The normalized spacial score (nSPS) is 10.3. The van der Waals surface area contributed by atoms with Gasteiger partial charge in [-0.25, -0.2) is 4.39 Å². The van der Waals surface area contributed by atoms with Gasteiger partial charge >= 0.3 is 0 Å². The number of methoxy groups -OCH3 is 1. The largest absolute Gasteiger partial charge is 0.495 e. The summed E-state index contributed by atoms with van der Waals surface area (Å²) in [6.07, 6.45) is 0. The van der Waals surface area contributed by atoms with Crippen molar-refractivity contribution in [3.8, 4) is 5.75 Å². The summed E-state index contributed by atoms with van der Waals surface area (Å²) < 4.78 is 18.8. The number of rotatable bonds is 4. The maximum atomic E-state index is 13.7. The van der Waals surface area contributed by atoms with E-state index in [-0.39, 0.29) is 5.69 Å². The van der Waals surface area contributed by atoms with Crippen LogP contribution in [0.1, 0.15) is 11.4 Å². The van der Waals surface area contributed by atoms with Gasteiger partial charge in [-0.15, -0.1) is 0 Å². The van der Waals surface area contributed by atoms with Gasteiger partial charge in [0.1, 0.15) is 11.6 Å². The first-order chi connectivity index (χ1) is 9.10. The lowest BCUT2D eigenvalue weighted by atomic mass is 10.2. The number of hydrogen-bond donors (Lipinski definition) is 2. The lowest BCUT2D eigenvalue weighted by molar-refractivity contribution is 0.416. The van der Waals surface area contributed by atoms with Crippen LogP contribution in [-0.4, -0.2) is 12.1 Å². The van der Waals surface area contributed by atoms with E-state index in [1.807, 2.05) is 25.1 Å². The molecule has 0 aliphatic heterocycles. The Morgan fingerprint density at radius 2 is 2.16 bits per heavy atom. The third-order valence-corrected chi connectivity index (χ3v) is 2.73. The van der Waals surface area contributed by atoms with Crippen LogP contribution < -0.4 is 15.8 Å². The number of nitrogens with zero attached hydrogens (tertiary/aromatic N) is 1. The summed E-state index contributed by atoms with van der Waals surface area (Å²) in [5.41, 5.74) is 8.01. The number of hydrogen-bond acceptors (Lipinski definition) is 4. The smallest absolute Gasteiger partial charge is 0.148 e. The molecule has 1 heterocycles. The molecule has 0 amide bonds. The van der Waals surface area contributed by atoms with Gasteiger partial charge in [-0.1, -0.05) is 6.07 Å². The second-order valence-electron chi connectivity index (χ2n) is 4.20. The van der Waals surface area contributed by atoms with Crippen LogP contribution in [0.2, 0.25) is 0 Å². The van der Waals surface area contributed by atoms with E-state index in [2.05, 4.69) is 10.3 Å². The van der Waals surface area contributed by atoms with E-state index in [0.29, 0.717) is 18.0 Å². The van der Waals surface area contributed by atoms with Gasteiger partial charge in [0.2, 0.25) is 0 Å². The molecular weight excluding hydrogens is 245 g/mol. The van der Waals surface area contributed by atoms with E-state index in [1.54, 1.807) is 6.07 Å². The third kappa shape index (κ3) is 3.13. The van der Waals surface area contributed by atoms with Gasteiger partial charge in [0.05, 0.1) is 30.7 Å². The minimum atomic E-state index is -0.411. The highest BCUT2D eigenvalue weighted by Crippen LogP contribution is 2.28. The maximum absolute atomic E-state index is 13.7. The molecule has 0 bridgehead atoms. The summed E-state index contributed by atoms with van der Waals surface area (Å²) in [7, 11) is 1.50. The van der Waals surface area contributed by atoms with Crippen molar-refractivity contribution in [1.82, 2.24) is 4.98 Å². The second-order valence-corrected chi connectivity index (χ2v) is 4.20. The van der Waals surface area contributed by atoms with E-state index in [4.69, 9.17) is 10.5 Å². The number of nitrogens with two attached hydrogens (primary N) is 1. The van der Waals surface area contributed by atoms with Crippen LogP contribution >= 0.6 is 0 Å². The summed E-state index contributed by atoms with van der Waals surface area (Å²) >= 11 is 0. The minimum Gasteiger partial charge on any atom is -0.495 e. The summed E-state index contributed by atoms with van der Waals surface area (Å²) in [5.74, 6) is 0.0343. The van der Waals surface area contributed by atoms with Crippen LogP contribution in [0.25, 0.3) is 0 Å². The van der Waals surface area contributed by atoms with Gasteiger partial charge in [0.25, 0.3) is 0 Å². The number of nitrogen functional groups attached to an aromatic ring is 1. The van der Waals surface area contributed by atoms with Gasteiger partial charge in [0.15, 0.2) is 0 Å². The predicted molar refractivity (Wildman–Crippen MR) is 73.7 cm³/mol. The topological polar surface area (TPSA) is 60.2 Å². The first-order valence-electron chi connectivity index (χ1n) is 5.89. The molecule has 0 spiro atoms. The molecule has 0 saturated carbocycles. The quantitative estimate of drug-likeness (QED) is 0.831. The Kier molecular flexibility index (Phi) is 3.85. The predicted octanol–water partition coefficient (Wildman–Crippen LogP) is 2.73. The molecule has 0 aliphatic carbocycles. The SMILES string of the molecule is COc1cc(NCc2cccc(C)n2)c(F)cc1N. The zero-order valence-electron chi connectivity index (χ0n) is 10.9. The van der Waals surface area contributed by atoms with Gasteiger partial charge in [0, 0.05) is 17.8 Å². The highest BCUT2D eigenvalue weighted by molar-refractivity contribution is 5.62. The number of nitrogens with one attached hydrogen (secondary N) is 1. The zero-order chi connectivity index (χ0) is 13.8. The van der Waals surface area contributed by atoms with Crippen molar-refractivity contribution in [3.63, 3.8) is 0 Å². The zero-order valence-corrected chi connectivity index (χ0v) is 10.9. The fraction of sp³-hybridized carbons (Fsp3) is 0.214. The molecule has 100 valence electrons. The number of aryl methyl sites for hydroxylation is 1. The number of benzene rings is 1. The first kappa shape index (κ1) is 13.1. The molecule has 1 aromatic carbocycles. The lowest BCUT2D eigenvalue weighted by Crippen LogP contribution is -2.05. The highest BCUT2D eigenvalue weighted by Gasteiger charge is 2.08. The van der Waals surface area contributed by atoms with E-state index in [0.717, 1.165) is 11.4 Å². The fourth-order valence-electron chi connectivity index (χ4n) is 1.76. The van der Waals surface area contributed by atoms with Crippen LogP contribution in [0.5, 0.6) is 5.75 Å². The second kappa shape index (κ2) is 5.56. The number of halogens is 1. The van der Waals surface area contributed by atoms with Gasteiger partial charge in [-0.05, 0) is 19.1 Å². The standard InChI is InChI=1S/C14H16FN3O/c1-9-4-3-5-10(18-9)8-17-13-7-14(19-2)12(16)6-11(13)15/h3-7,17H,8,16H2,1-2H3. The molecule has 2 aromatic rings. The molecular formula is C14H16FN3O. The van der Waals surface area contributed by atoms with Crippen molar-refractivity contribution in [1.29, 1.82) is 0 Å². The molecule has 2 rings (SSSR count). The van der Waals surface area contributed by atoms with E-state index < -0.39 is 5.82 Å². The van der Waals surface area contributed by atoms with Crippen molar-refractivity contribution < 1.29 is 9.13 Å². The average Bonchev–Trinajstić information content (AvgIpc) is 2.38. The highest BCUT2D eigenvalue weighted by atomic mass is 19.1. The lowest BCUT2D eigenvalue weighted by Gasteiger charge is -2.11. The van der Waals surface area contributed by atoms with Crippen LogP contribution in [-0.2, 0) is 6.54 Å². The van der Waals surface area contributed by atoms with Crippen LogP contribution in [0.3, 0.4) is 0 Å². The Labute approximate surface area is 111 Å². The van der Waals surface area contributed by atoms with Gasteiger partial charge in [-0.2, -0.15) is 0 Å². The molecule has 19 heavy (non-hydrogen) atoms. The summed E-state index contributed by atoms with van der Waals surface area (Å²) in [6, 6.07) is 8.49. The molecule has 0 aliphatic rings. The summed E-state index contributed by atoms with van der Waals surface area (Å²) in [5, 5.41) is 2.99. The number of aromatic nitrogens is 1. The Morgan fingerprint density at radius 3 is 2.84 bits per heavy atom. The molecule has 1 aromatic heterocycles. The number of ether oxygens (including phenoxy) is 1. The molecule has 0 unspecified atom stereocenters. The summed E-state index contributed by atoms with van der Waals surface area (Å²) in [4.78, 5) is 4.34. The minimum absolute atomic E-state index is 0.277. The molecule has 3 N–H and O–H groups in total. The van der Waals surface area contributed by atoms with Crippen molar-refractivity contribution in [2.24, 2.45) is 0 Å². The molecule has 4 nitrogen and oxygen atoms in total. The van der Waals surface area contributed by atoms with E-state index in [1.165, 1.54) is 13.2 Å². The van der Waals surface area contributed by atoms with Crippen molar-refractivity contribution in [2.45, 2.75) is 13.5 Å². The monoisotopic (exact) mass is 261 g/mol. The van der Waals surface area contributed by atoms with Gasteiger partial charge < -0.3 is 15.8 Å².